The number of nitrogens with zero attached hydrogens (tertiary/aromatic N) is 2. The van der Waals surface area contributed by atoms with Gasteiger partial charge in [0, 0.05) is 49.0 Å². The summed E-state index contributed by atoms with van der Waals surface area (Å²) in [7, 11) is 1.80. The molecule has 25 heavy (non-hydrogen) atoms. The Balaban J connectivity index is 1.74. The molecule has 6 nitrogen and oxygen atoms in total. The van der Waals surface area contributed by atoms with Crippen molar-refractivity contribution in [3.05, 3.63) is 23.8 Å². The molecule has 2 heterocycles. The highest BCUT2D eigenvalue weighted by atomic mass is 16.2. The van der Waals surface area contributed by atoms with Gasteiger partial charge < -0.3 is 20.4 Å². The molecule has 2 aliphatic rings. The van der Waals surface area contributed by atoms with Crippen LogP contribution in [0.4, 0.5) is 16.2 Å². The second-order valence-corrected chi connectivity index (χ2v) is 8.48. The van der Waals surface area contributed by atoms with Crippen molar-refractivity contribution in [2.75, 3.05) is 30.4 Å². The number of benzene rings is 1. The van der Waals surface area contributed by atoms with Crippen LogP contribution in [0, 0.1) is 0 Å². The number of fused-ring (bicyclic) bond motifs is 1. The Labute approximate surface area is 149 Å². The number of carbonyl (C=O) groups excluding carboxylic acids is 2. The van der Waals surface area contributed by atoms with E-state index in [-0.39, 0.29) is 23.0 Å². The smallest absolute Gasteiger partial charge is 0.321 e. The van der Waals surface area contributed by atoms with Gasteiger partial charge in [-0.1, -0.05) is 0 Å². The van der Waals surface area contributed by atoms with Crippen LogP contribution in [-0.4, -0.2) is 48.1 Å². The molecule has 3 amide bonds. The number of hydrogen-bond acceptors (Lipinski definition) is 3. The van der Waals surface area contributed by atoms with E-state index in [4.69, 9.17) is 0 Å². The molecule has 6 heteroatoms. The monoisotopic (exact) mass is 344 g/mol. The fourth-order valence-corrected chi connectivity index (χ4v) is 4.09. The predicted octanol–water partition coefficient (Wildman–Crippen LogP) is 2.59. The van der Waals surface area contributed by atoms with Gasteiger partial charge in [-0.2, -0.15) is 0 Å². The minimum Gasteiger partial charge on any atom is -0.321 e. The van der Waals surface area contributed by atoms with E-state index in [9.17, 15) is 9.59 Å². The first-order valence-corrected chi connectivity index (χ1v) is 8.81. The fraction of sp³-hybridized carbons (Fsp3) is 0.579. The Kier molecular flexibility index (Phi) is 4.27. The van der Waals surface area contributed by atoms with Gasteiger partial charge in [-0.15, -0.1) is 0 Å². The standard InChI is InChI=1S/C19H28N4O2/c1-18(2)11-23(12-19(3,4)21-18)17(25)20-14-7-8-15-13(10-14)6-9-16(24)22(15)5/h7-8,10,21H,6,9,11-12H2,1-5H3,(H,20,25). The lowest BCUT2D eigenvalue weighted by molar-refractivity contribution is -0.118. The Morgan fingerprint density at radius 3 is 2.40 bits per heavy atom. The molecule has 0 saturated carbocycles. The third-order valence-corrected chi connectivity index (χ3v) is 4.81. The maximum Gasteiger partial charge on any atom is 0.321 e. The van der Waals surface area contributed by atoms with Crippen molar-refractivity contribution in [3.8, 4) is 0 Å². The van der Waals surface area contributed by atoms with Crippen LogP contribution in [0.1, 0.15) is 39.7 Å². The second kappa shape index (κ2) is 6.02. The Bertz CT molecular complexity index is 695. The number of hydrogen-bond donors (Lipinski definition) is 2. The van der Waals surface area contributed by atoms with Crippen LogP contribution >= 0.6 is 0 Å². The van der Waals surface area contributed by atoms with Gasteiger partial charge in [0.2, 0.25) is 5.91 Å². The van der Waals surface area contributed by atoms with Gasteiger partial charge in [-0.25, -0.2) is 4.79 Å². The van der Waals surface area contributed by atoms with Crippen LogP contribution in [0.25, 0.3) is 0 Å². The molecule has 0 bridgehead atoms. The summed E-state index contributed by atoms with van der Waals surface area (Å²) < 4.78 is 0. The largest absolute Gasteiger partial charge is 0.321 e. The van der Waals surface area contributed by atoms with Crippen molar-refractivity contribution >= 4 is 23.3 Å². The molecule has 3 rings (SSSR count). The highest BCUT2D eigenvalue weighted by Gasteiger charge is 2.38. The zero-order valence-electron chi connectivity index (χ0n) is 15.8. The highest BCUT2D eigenvalue weighted by Crippen LogP contribution is 2.29. The fourth-order valence-electron chi connectivity index (χ4n) is 4.09. The van der Waals surface area contributed by atoms with E-state index in [0.29, 0.717) is 19.5 Å². The molecule has 2 aliphatic heterocycles. The van der Waals surface area contributed by atoms with Crippen molar-refractivity contribution in [2.45, 2.75) is 51.6 Å². The third kappa shape index (κ3) is 3.79. The molecule has 0 spiro atoms. The molecule has 1 aromatic rings. The van der Waals surface area contributed by atoms with E-state index in [1.54, 1.807) is 11.9 Å². The van der Waals surface area contributed by atoms with Crippen molar-refractivity contribution < 1.29 is 9.59 Å². The Hall–Kier alpha value is -2.08. The molecule has 0 radical (unpaired) electrons. The number of carbonyl (C=O) groups is 2. The van der Waals surface area contributed by atoms with E-state index in [0.717, 1.165) is 23.4 Å². The topological polar surface area (TPSA) is 64.7 Å². The first-order valence-electron chi connectivity index (χ1n) is 8.81. The lowest BCUT2D eigenvalue weighted by Crippen LogP contribution is -2.68. The first kappa shape index (κ1) is 17.7. The molecule has 0 atom stereocenters. The van der Waals surface area contributed by atoms with Gasteiger partial charge in [0.1, 0.15) is 0 Å². The molecular formula is C19H28N4O2. The molecule has 1 aromatic carbocycles. The van der Waals surface area contributed by atoms with Crippen LogP contribution in [0.2, 0.25) is 0 Å². The van der Waals surface area contributed by atoms with Crippen LogP contribution < -0.4 is 15.5 Å². The molecule has 136 valence electrons. The number of piperazine rings is 1. The average Bonchev–Trinajstić information content (AvgIpc) is 2.48. The summed E-state index contributed by atoms with van der Waals surface area (Å²) in [4.78, 5) is 28.1. The van der Waals surface area contributed by atoms with E-state index in [1.165, 1.54) is 0 Å². The first-order chi connectivity index (χ1) is 11.6. The number of amides is 3. The van der Waals surface area contributed by atoms with Gasteiger partial charge in [0.15, 0.2) is 0 Å². The van der Waals surface area contributed by atoms with Gasteiger partial charge in [0.25, 0.3) is 0 Å². The van der Waals surface area contributed by atoms with Gasteiger partial charge in [0.05, 0.1) is 0 Å². The summed E-state index contributed by atoms with van der Waals surface area (Å²) in [6.07, 6.45) is 1.23. The molecule has 0 aromatic heterocycles. The van der Waals surface area contributed by atoms with Gasteiger partial charge >= 0.3 is 6.03 Å². The zero-order chi connectivity index (χ0) is 18.4. The van der Waals surface area contributed by atoms with Crippen LogP contribution in [0.3, 0.4) is 0 Å². The van der Waals surface area contributed by atoms with Crippen molar-refractivity contribution in [1.29, 1.82) is 0 Å². The van der Waals surface area contributed by atoms with Gasteiger partial charge in [-0.3, -0.25) is 4.79 Å². The van der Waals surface area contributed by atoms with Crippen molar-refractivity contribution in [3.63, 3.8) is 0 Å². The number of rotatable bonds is 1. The Morgan fingerprint density at radius 2 is 1.76 bits per heavy atom. The Morgan fingerprint density at radius 1 is 1.12 bits per heavy atom. The minimum atomic E-state index is -0.127. The summed E-state index contributed by atoms with van der Waals surface area (Å²) in [5.74, 6) is 0.134. The predicted molar refractivity (Wildman–Crippen MR) is 100 cm³/mol. The molecular weight excluding hydrogens is 316 g/mol. The van der Waals surface area contributed by atoms with Crippen LogP contribution in [0.15, 0.2) is 18.2 Å². The van der Waals surface area contributed by atoms with E-state index >= 15 is 0 Å². The van der Waals surface area contributed by atoms with E-state index in [2.05, 4.69) is 38.3 Å². The number of aryl methyl sites for hydroxylation is 1. The van der Waals surface area contributed by atoms with Crippen LogP contribution in [0.5, 0.6) is 0 Å². The number of nitrogens with one attached hydrogen (secondary N) is 2. The summed E-state index contributed by atoms with van der Waals surface area (Å²) in [5.41, 5.74) is 2.55. The summed E-state index contributed by atoms with van der Waals surface area (Å²) in [5, 5.41) is 6.59. The average molecular weight is 344 g/mol. The molecule has 1 fully saturated rings. The molecule has 1 saturated heterocycles. The number of anilines is 2. The van der Waals surface area contributed by atoms with Crippen LogP contribution in [-0.2, 0) is 11.2 Å². The lowest BCUT2D eigenvalue weighted by atomic mass is 9.92. The minimum absolute atomic E-state index is 0.0807. The van der Waals surface area contributed by atoms with E-state index in [1.807, 2.05) is 23.1 Å². The van der Waals surface area contributed by atoms with Crippen molar-refractivity contribution in [1.82, 2.24) is 10.2 Å². The summed E-state index contributed by atoms with van der Waals surface area (Å²) >= 11 is 0. The van der Waals surface area contributed by atoms with E-state index < -0.39 is 0 Å². The molecule has 0 unspecified atom stereocenters. The summed E-state index contributed by atoms with van der Waals surface area (Å²) in [6.45, 7) is 9.76. The molecule has 0 aliphatic carbocycles. The number of urea groups is 1. The quantitative estimate of drug-likeness (QED) is 0.823. The van der Waals surface area contributed by atoms with Crippen molar-refractivity contribution in [2.24, 2.45) is 0 Å². The molecule has 2 N–H and O–H groups in total. The SMILES string of the molecule is CN1C(=O)CCc2cc(NC(=O)N3CC(C)(C)NC(C)(C)C3)ccc21. The highest BCUT2D eigenvalue weighted by molar-refractivity contribution is 5.97. The maximum absolute atomic E-state index is 12.8. The normalized spacial score (nSPS) is 21.7. The second-order valence-electron chi connectivity index (χ2n) is 8.48. The zero-order valence-corrected chi connectivity index (χ0v) is 15.8. The maximum atomic E-state index is 12.8. The summed E-state index contributed by atoms with van der Waals surface area (Å²) in [6, 6.07) is 5.68. The third-order valence-electron chi connectivity index (χ3n) is 4.81. The lowest BCUT2D eigenvalue weighted by Gasteiger charge is -2.48. The van der Waals surface area contributed by atoms with Gasteiger partial charge in [-0.05, 0) is 57.9 Å².